The Hall–Kier alpha value is -3.65. The van der Waals surface area contributed by atoms with E-state index in [1.54, 1.807) is 18.6 Å². The Labute approximate surface area is 175 Å². The highest BCUT2D eigenvalue weighted by Crippen LogP contribution is 2.34. The number of para-hydroxylation sites is 1. The maximum Gasteiger partial charge on any atom is 0.162 e. The summed E-state index contributed by atoms with van der Waals surface area (Å²) in [7, 11) is 0. The number of benzene rings is 1. The van der Waals surface area contributed by atoms with Crippen LogP contribution in [0.25, 0.3) is 33.3 Å². The number of H-pyrrole nitrogens is 1. The molecule has 0 aliphatic heterocycles. The first kappa shape index (κ1) is 18.4. The van der Waals surface area contributed by atoms with Crippen LogP contribution in [0.5, 0.6) is 0 Å². The van der Waals surface area contributed by atoms with Crippen molar-refractivity contribution in [1.82, 2.24) is 29.9 Å². The number of hydrogen-bond acceptors (Lipinski definition) is 6. The lowest BCUT2D eigenvalue weighted by Crippen LogP contribution is -2.11. The van der Waals surface area contributed by atoms with Crippen LogP contribution in [0.4, 0.5) is 10.2 Å². The van der Waals surface area contributed by atoms with E-state index in [1.807, 2.05) is 25.1 Å². The average molecular weight is 420 g/mol. The highest BCUT2D eigenvalue weighted by molar-refractivity contribution is 6.35. The molecule has 0 bridgehead atoms. The standard InChI is InChI=1S/C21H15ClFN7/c1-11(29-21-19-20(26-9-25-19)27-10-28-21)15-6-12-3-2-4-16(22)18(12)30-17(15)13-5-14(23)8-24-7-13/h2-11H,1H3,(H2,25,26,27,28,29). The van der Waals surface area contributed by atoms with Crippen LogP contribution in [0, 0.1) is 5.82 Å². The van der Waals surface area contributed by atoms with Gasteiger partial charge in [0.05, 0.1) is 34.8 Å². The zero-order chi connectivity index (χ0) is 20.7. The van der Waals surface area contributed by atoms with E-state index < -0.39 is 5.82 Å². The SMILES string of the molecule is CC(Nc1ncnc2[nH]cnc12)c1cc2cccc(Cl)c2nc1-c1cncc(F)c1. The number of hydrogen-bond donors (Lipinski definition) is 2. The smallest absolute Gasteiger partial charge is 0.162 e. The van der Waals surface area contributed by atoms with E-state index >= 15 is 0 Å². The van der Waals surface area contributed by atoms with Crippen LogP contribution in [-0.2, 0) is 0 Å². The first-order chi connectivity index (χ1) is 14.6. The van der Waals surface area contributed by atoms with E-state index in [0.717, 1.165) is 17.1 Å². The fourth-order valence-electron chi connectivity index (χ4n) is 3.43. The third-order valence-corrected chi connectivity index (χ3v) is 5.15. The topological polar surface area (TPSA) is 92.3 Å². The quantitative estimate of drug-likeness (QED) is 0.429. The van der Waals surface area contributed by atoms with Crippen LogP contribution in [-0.4, -0.2) is 29.9 Å². The average Bonchev–Trinajstić information content (AvgIpc) is 3.23. The Balaban J connectivity index is 1.66. The molecule has 148 valence electrons. The normalized spacial score (nSPS) is 12.4. The van der Waals surface area contributed by atoms with Crippen molar-refractivity contribution in [2.45, 2.75) is 13.0 Å². The monoisotopic (exact) mass is 419 g/mol. The van der Waals surface area contributed by atoms with Gasteiger partial charge in [0.25, 0.3) is 0 Å². The van der Waals surface area contributed by atoms with Crippen molar-refractivity contribution >= 4 is 39.5 Å². The number of aromatic amines is 1. The number of fused-ring (bicyclic) bond motifs is 2. The maximum atomic E-state index is 13.9. The third kappa shape index (κ3) is 3.21. The Kier molecular flexibility index (Phi) is 4.48. The highest BCUT2D eigenvalue weighted by atomic mass is 35.5. The molecule has 0 aliphatic rings. The summed E-state index contributed by atoms with van der Waals surface area (Å²) in [6.07, 6.45) is 5.78. The molecule has 0 spiro atoms. The van der Waals surface area contributed by atoms with Gasteiger partial charge in [0.2, 0.25) is 0 Å². The largest absolute Gasteiger partial charge is 0.362 e. The summed E-state index contributed by atoms with van der Waals surface area (Å²) >= 11 is 6.37. The van der Waals surface area contributed by atoms with Crippen LogP contribution in [0.15, 0.2) is 55.4 Å². The van der Waals surface area contributed by atoms with Gasteiger partial charge in [-0.05, 0) is 25.1 Å². The zero-order valence-corrected chi connectivity index (χ0v) is 16.5. The summed E-state index contributed by atoms with van der Waals surface area (Å²) in [5.41, 5.74) is 3.92. The predicted molar refractivity (Wildman–Crippen MR) is 114 cm³/mol. The number of aromatic nitrogens is 6. The van der Waals surface area contributed by atoms with Crippen molar-refractivity contribution in [3.63, 3.8) is 0 Å². The molecule has 4 aromatic heterocycles. The Morgan fingerprint density at radius 2 is 2.00 bits per heavy atom. The molecule has 1 aromatic carbocycles. The van der Waals surface area contributed by atoms with E-state index in [9.17, 15) is 4.39 Å². The van der Waals surface area contributed by atoms with Gasteiger partial charge in [0.15, 0.2) is 11.5 Å². The molecule has 0 amide bonds. The fraction of sp³-hybridized carbons (Fsp3) is 0.0952. The van der Waals surface area contributed by atoms with E-state index in [0.29, 0.717) is 38.8 Å². The van der Waals surface area contributed by atoms with Crippen LogP contribution in [0.3, 0.4) is 0 Å². The van der Waals surface area contributed by atoms with Crippen LogP contribution in [0.2, 0.25) is 5.02 Å². The van der Waals surface area contributed by atoms with Crippen molar-refractivity contribution in [1.29, 1.82) is 0 Å². The molecule has 2 N–H and O–H groups in total. The van der Waals surface area contributed by atoms with Crippen molar-refractivity contribution in [2.75, 3.05) is 5.32 Å². The summed E-state index contributed by atoms with van der Waals surface area (Å²) in [5.74, 6) is 0.150. The lowest BCUT2D eigenvalue weighted by Gasteiger charge is -2.19. The van der Waals surface area contributed by atoms with Crippen LogP contribution in [0.1, 0.15) is 18.5 Å². The molecule has 9 heteroatoms. The van der Waals surface area contributed by atoms with E-state index in [4.69, 9.17) is 16.6 Å². The van der Waals surface area contributed by atoms with Crippen molar-refractivity contribution < 1.29 is 4.39 Å². The van der Waals surface area contributed by atoms with Gasteiger partial charge in [-0.25, -0.2) is 24.3 Å². The van der Waals surface area contributed by atoms with Gasteiger partial charge in [0, 0.05) is 22.7 Å². The number of halogens is 2. The van der Waals surface area contributed by atoms with Crippen molar-refractivity contribution in [3.05, 3.63) is 71.8 Å². The second-order valence-corrected chi connectivity index (χ2v) is 7.22. The molecule has 7 nitrogen and oxygen atoms in total. The Bertz CT molecular complexity index is 1380. The van der Waals surface area contributed by atoms with E-state index in [1.165, 1.54) is 12.4 Å². The van der Waals surface area contributed by atoms with Gasteiger partial charge < -0.3 is 10.3 Å². The molecular formula is C21H15ClFN7. The predicted octanol–water partition coefficient (Wildman–Crippen LogP) is 4.93. The highest BCUT2D eigenvalue weighted by Gasteiger charge is 2.19. The molecule has 4 heterocycles. The molecule has 0 fully saturated rings. The maximum absolute atomic E-state index is 13.9. The fourth-order valence-corrected chi connectivity index (χ4v) is 3.66. The summed E-state index contributed by atoms with van der Waals surface area (Å²) in [6, 6.07) is 8.76. The number of nitrogens with zero attached hydrogens (tertiary/aromatic N) is 5. The Morgan fingerprint density at radius 3 is 2.87 bits per heavy atom. The summed E-state index contributed by atoms with van der Waals surface area (Å²) < 4.78 is 13.9. The molecule has 0 aliphatic carbocycles. The molecule has 0 saturated heterocycles. The molecule has 0 saturated carbocycles. The molecule has 5 rings (SSSR count). The van der Waals surface area contributed by atoms with Gasteiger partial charge in [-0.1, -0.05) is 23.7 Å². The Morgan fingerprint density at radius 1 is 1.10 bits per heavy atom. The first-order valence-corrected chi connectivity index (χ1v) is 9.58. The van der Waals surface area contributed by atoms with Gasteiger partial charge in [-0.15, -0.1) is 0 Å². The summed E-state index contributed by atoms with van der Waals surface area (Å²) in [4.78, 5) is 24.5. The second-order valence-electron chi connectivity index (χ2n) is 6.82. The zero-order valence-electron chi connectivity index (χ0n) is 15.8. The molecule has 1 atom stereocenters. The van der Waals surface area contributed by atoms with Gasteiger partial charge in [-0.3, -0.25) is 4.98 Å². The van der Waals surface area contributed by atoms with Crippen molar-refractivity contribution in [3.8, 4) is 11.3 Å². The molecule has 1 unspecified atom stereocenters. The molecule has 30 heavy (non-hydrogen) atoms. The van der Waals surface area contributed by atoms with Gasteiger partial charge >= 0.3 is 0 Å². The number of pyridine rings is 2. The van der Waals surface area contributed by atoms with Gasteiger partial charge in [-0.2, -0.15) is 0 Å². The molecule has 0 radical (unpaired) electrons. The molecular weight excluding hydrogens is 405 g/mol. The summed E-state index contributed by atoms with van der Waals surface area (Å²) in [5, 5.41) is 4.78. The lowest BCUT2D eigenvalue weighted by molar-refractivity contribution is 0.622. The van der Waals surface area contributed by atoms with E-state index in [-0.39, 0.29) is 6.04 Å². The van der Waals surface area contributed by atoms with Crippen LogP contribution < -0.4 is 5.32 Å². The first-order valence-electron chi connectivity index (χ1n) is 9.21. The number of imidazole rings is 1. The number of anilines is 1. The summed E-state index contributed by atoms with van der Waals surface area (Å²) in [6.45, 7) is 1.98. The lowest BCUT2D eigenvalue weighted by atomic mass is 9.99. The second kappa shape index (κ2) is 7.31. The number of rotatable bonds is 4. The minimum Gasteiger partial charge on any atom is -0.362 e. The van der Waals surface area contributed by atoms with E-state index in [2.05, 4.69) is 30.2 Å². The van der Waals surface area contributed by atoms with Crippen LogP contribution >= 0.6 is 11.6 Å². The van der Waals surface area contributed by atoms with Crippen molar-refractivity contribution in [2.24, 2.45) is 0 Å². The third-order valence-electron chi connectivity index (χ3n) is 4.84. The minimum absolute atomic E-state index is 0.228. The molecule has 5 aromatic rings. The minimum atomic E-state index is -0.436. The number of nitrogens with one attached hydrogen (secondary N) is 2. The van der Waals surface area contributed by atoms with Gasteiger partial charge in [0.1, 0.15) is 17.7 Å².